The lowest BCUT2D eigenvalue weighted by molar-refractivity contribution is 0.0593. The van der Waals surface area contributed by atoms with Gasteiger partial charge in [-0.2, -0.15) is 5.26 Å². The SMILES string of the molecule is COC(=O)c1cnc(Oc2ccc(C#N)c(F)c2)cn1. The molecule has 0 amide bonds. The number of ether oxygens (including phenoxy) is 2. The second kappa shape index (κ2) is 5.75. The van der Waals surface area contributed by atoms with Gasteiger partial charge in [-0.15, -0.1) is 0 Å². The number of hydrogen-bond acceptors (Lipinski definition) is 6. The van der Waals surface area contributed by atoms with Gasteiger partial charge in [0.05, 0.1) is 25.1 Å². The third-order valence-electron chi connectivity index (χ3n) is 2.31. The lowest BCUT2D eigenvalue weighted by atomic mass is 10.2. The van der Waals surface area contributed by atoms with Crippen molar-refractivity contribution in [2.24, 2.45) is 0 Å². The minimum atomic E-state index is -0.691. The Hall–Kier alpha value is -3.01. The average molecular weight is 273 g/mol. The second-order valence-corrected chi connectivity index (χ2v) is 3.59. The maximum absolute atomic E-state index is 13.4. The highest BCUT2D eigenvalue weighted by molar-refractivity contribution is 5.86. The van der Waals surface area contributed by atoms with Crippen LogP contribution in [0.3, 0.4) is 0 Å². The Morgan fingerprint density at radius 2 is 2.15 bits per heavy atom. The largest absolute Gasteiger partial charge is 0.464 e. The molecule has 0 aliphatic carbocycles. The number of carbonyl (C=O) groups excluding carboxylic acids is 1. The van der Waals surface area contributed by atoms with Crippen LogP contribution in [0.25, 0.3) is 0 Å². The quantitative estimate of drug-likeness (QED) is 0.796. The van der Waals surface area contributed by atoms with Crippen LogP contribution in [-0.2, 0) is 4.74 Å². The first-order valence-corrected chi connectivity index (χ1v) is 5.42. The molecule has 0 saturated heterocycles. The van der Waals surface area contributed by atoms with Gasteiger partial charge in [0.2, 0.25) is 5.88 Å². The van der Waals surface area contributed by atoms with E-state index in [4.69, 9.17) is 10.00 Å². The van der Waals surface area contributed by atoms with Crippen molar-refractivity contribution in [1.29, 1.82) is 5.26 Å². The molecule has 0 spiro atoms. The van der Waals surface area contributed by atoms with E-state index in [2.05, 4.69) is 14.7 Å². The molecule has 20 heavy (non-hydrogen) atoms. The van der Waals surface area contributed by atoms with E-state index < -0.39 is 11.8 Å². The first-order chi connectivity index (χ1) is 9.63. The molecule has 100 valence electrons. The smallest absolute Gasteiger partial charge is 0.358 e. The number of hydrogen-bond donors (Lipinski definition) is 0. The molecule has 1 aromatic carbocycles. The fraction of sp³-hybridized carbons (Fsp3) is 0.0769. The van der Waals surface area contributed by atoms with Gasteiger partial charge in [-0.05, 0) is 12.1 Å². The summed E-state index contributed by atoms with van der Waals surface area (Å²) in [7, 11) is 1.23. The fourth-order valence-electron chi connectivity index (χ4n) is 1.35. The van der Waals surface area contributed by atoms with Crippen LogP contribution in [0.15, 0.2) is 30.6 Å². The highest BCUT2D eigenvalue weighted by atomic mass is 19.1. The van der Waals surface area contributed by atoms with Gasteiger partial charge in [0.15, 0.2) is 5.69 Å². The summed E-state index contributed by atoms with van der Waals surface area (Å²) < 4.78 is 23.1. The predicted molar refractivity (Wildman–Crippen MR) is 64.6 cm³/mol. The zero-order chi connectivity index (χ0) is 14.5. The van der Waals surface area contributed by atoms with Crippen LogP contribution in [0.1, 0.15) is 16.1 Å². The summed E-state index contributed by atoms with van der Waals surface area (Å²) in [5.74, 6) is -1.05. The van der Waals surface area contributed by atoms with Gasteiger partial charge >= 0.3 is 5.97 Å². The summed E-state index contributed by atoms with van der Waals surface area (Å²) in [5, 5.41) is 8.61. The fourth-order valence-corrected chi connectivity index (χ4v) is 1.35. The van der Waals surface area contributed by atoms with Gasteiger partial charge in [0, 0.05) is 6.07 Å². The Morgan fingerprint density at radius 1 is 1.35 bits per heavy atom. The Labute approximate surface area is 113 Å². The van der Waals surface area contributed by atoms with E-state index in [0.717, 1.165) is 6.07 Å². The molecular formula is C13H8FN3O3. The van der Waals surface area contributed by atoms with Crippen molar-refractivity contribution in [3.8, 4) is 17.7 Å². The highest BCUT2D eigenvalue weighted by Crippen LogP contribution is 2.21. The maximum Gasteiger partial charge on any atom is 0.358 e. The summed E-state index contributed by atoms with van der Waals surface area (Å²) >= 11 is 0. The van der Waals surface area contributed by atoms with E-state index in [1.54, 1.807) is 6.07 Å². The molecule has 0 N–H and O–H groups in total. The monoisotopic (exact) mass is 273 g/mol. The summed E-state index contributed by atoms with van der Waals surface area (Å²) in [6.07, 6.45) is 2.39. The van der Waals surface area contributed by atoms with Gasteiger partial charge in [0.25, 0.3) is 0 Å². The van der Waals surface area contributed by atoms with Gasteiger partial charge < -0.3 is 9.47 Å². The predicted octanol–water partition coefficient (Wildman–Crippen LogP) is 2.07. The number of rotatable bonds is 3. The van der Waals surface area contributed by atoms with Crippen LogP contribution in [0.5, 0.6) is 11.6 Å². The Kier molecular flexibility index (Phi) is 3.86. The summed E-state index contributed by atoms with van der Waals surface area (Å²) in [6.45, 7) is 0. The van der Waals surface area contributed by atoms with Crippen LogP contribution in [-0.4, -0.2) is 23.0 Å². The van der Waals surface area contributed by atoms with E-state index in [9.17, 15) is 9.18 Å². The lowest BCUT2D eigenvalue weighted by Gasteiger charge is -2.05. The molecule has 0 bridgehead atoms. The van der Waals surface area contributed by atoms with Gasteiger partial charge in [0.1, 0.15) is 17.6 Å². The van der Waals surface area contributed by atoms with Gasteiger partial charge in [-0.3, -0.25) is 0 Å². The zero-order valence-electron chi connectivity index (χ0n) is 10.3. The number of methoxy groups -OCH3 is 1. The molecule has 0 unspecified atom stereocenters. The van der Waals surface area contributed by atoms with E-state index in [0.29, 0.717) is 0 Å². The molecule has 0 radical (unpaired) electrons. The lowest BCUT2D eigenvalue weighted by Crippen LogP contribution is -2.04. The van der Waals surface area contributed by atoms with Crippen LogP contribution in [0.4, 0.5) is 4.39 Å². The average Bonchev–Trinajstić information content (AvgIpc) is 2.47. The first kappa shape index (κ1) is 13.4. The molecule has 0 atom stereocenters. The van der Waals surface area contributed by atoms with E-state index in [1.165, 1.54) is 31.6 Å². The van der Waals surface area contributed by atoms with E-state index in [-0.39, 0.29) is 22.9 Å². The molecule has 6 nitrogen and oxygen atoms in total. The normalized spacial score (nSPS) is 9.65. The number of esters is 1. The number of aromatic nitrogens is 2. The first-order valence-electron chi connectivity index (χ1n) is 5.42. The van der Waals surface area contributed by atoms with Crippen molar-refractivity contribution in [3.05, 3.63) is 47.7 Å². The molecule has 0 aliphatic heterocycles. The van der Waals surface area contributed by atoms with Crippen LogP contribution in [0, 0.1) is 17.1 Å². The summed E-state index contributed by atoms with van der Waals surface area (Å²) in [5.41, 5.74) is -0.0460. The molecule has 1 heterocycles. The van der Waals surface area contributed by atoms with E-state index >= 15 is 0 Å². The van der Waals surface area contributed by atoms with Crippen molar-refractivity contribution in [3.63, 3.8) is 0 Å². The van der Waals surface area contributed by atoms with Crippen LogP contribution < -0.4 is 4.74 Å². The van der Waals surface area contributed by atoms with Crippen molar-refractivity contribution < 1.29 is 18.7 Å². The van der Waals surface area contributed by atoms with Crippen molar-refractivity contribution in [2.45, 2.75) is 0 Å². The molecule has 0 aliphatic rings. The standard InChI is InChI=1S/C13H8FN3O3/c1-19-13(18)11-6-17-12(7-16-11)20-9-3-2-8(5-15)10(14)4-9/h2-4,6-7H,1H3. The molecule has 1 aromatic heterocycles. The minimum absolute atomic E-state index is 0.0332. The number of nitriles is 1. The highest BCUT2D eigenvalue weighted by Gasteiger charge is 2.09. The Balaban J connectivity index is 2.16. The molecular weight excluding hydrogens is 265 g/mol. The molecule has 2 rings (SSSR count). The minimum Gasteiger partial charge on any atom is -0.464 e. The second-order valence-electron chi connectivity index (χ2n) is 3.59. The number of nitrogens with zero attached hydrogens (tertiary/aromatic N) is 3. The molecule has 2 aromatic rings. The summed E-state index contributed by atoms with van der Waals surface area (Å²) in [6, 6.07) is 5.49. The number of carbonyl (C=O) groups is 1. The Bertz CT molecular complexity index is 680. The van der Waals surface area contributed by atoms with Gasteiger partial charge in [-0.25, -0.2) is 19.2 Å². The number of benzene rings is 1. The van der Waals surface area contributed by atoms with Crippen LogP contribution >= 0.6 is 0 Å². The maximum atomic E-state index is 13.4. The Morgan fingerprint density at radius 3 is 2.70 bits per heavy atom. The van der Waals surface area contributed by atoms with Gasteiger partial charge in [-0.1, -0.05) is 0 Å². The third-order valence-corrected chi connectivity index (χ3v) is 2.31. The van der Waals surface area contributed by atoms with Crippen molar-refractivity contribution >= 4 is 5.97 Å². The van der Waals surface area contributed by atoms with Crippen LogP contribution in [0.2, 0.25) is 0 Å². The number of halogens is 1. The molecule has 7 heteroatoms. The van der Waals surface area contributed by atoms with Crippen molar-refractivity contribution in [1.82, 2.24) is 9.97 Å². The third kappa shape index (κ3) is 2.87. The summed E-state index contributed by atoms with van der Waals surface area (Å²) in [4.78, 5) is 18.8. The van der Waals surface area contributed by atoms with Crippen molar-refractivity contribution in [2.75, 3.05) is 7.11 Å². The molecule has 0 saturated carbocycles. The zero-order valence-corrected chi connectivity index (χ0v) is 10.3. The topological polar surface area (TPSA) is 85.1 Å². The molecule has 0 fully saturated rings. The van der Waals surface area contributed by atoms with E-state index in [1.807, 2.05) is 0 Å².